The number of ether oxygens (including phenoxy) is 1. The topological polar surface area (TPSA) is 125 Å². The van der Waals surface area contributed by atoms with Crippen molar-refractivity contribution in [2.75, 3.05) is 6.54 Å². The molecule has 2 N–H and O–H groups in total. The van der Waals surface area contributed by atoms with Crippen LogP contribution in [0.1, 0.15) is 37.8 Å². The summed E-state index contributed by atoms with van der Waals surface area (Å²) < 4.78 is 35.2. The molecule has 0 fully saturated rings. The standard InChI is InChI=1S/C29H31N3O6S2/c1-3-4-18-32-30-21(2)27(28(33)34)39(32)20-23-14-16-24(17-15-23)25-12-8-9-13-26(25)40(36,37)31-29(35)38-19-22-10-6-5-7-11-22/h5-17H,3-4,18-20H2,1-2H3,(H,31,35)(H,33,34). The van der Waals surface area contributed by atoms with Gasteiger partial charge in [0.2, 0.25) is 0 Å². The van der Waals surface area contributed by atoms with Gasteiger partial charge in [-0.3, -0.25) is 0 Å². The molecular formula is C29H31N3O6S2. The summed E-state index contributed by atoms with van der Waals surface area (Å²) in [7, 11) is -4.94. The summed E-state index contributed by atoms with van der Waals surface area (Å²) in [6.45, 7) is 4.42. The van der Waals surface area contributed by atoms with Crippen LogP contribution in [0.4, 0.5) is 4.79 Å². The van der Waals surface area contributed by atoms with Gasteiger partial charge in [0.05, 0.1) is 10.6 Å². The minimum Gasteiger partial charge on any atom is -0.477 e. The highest BCUT2D eigenvalue weighted by Gasteiger charge is 2.28. The molecule has 1 atom stereocenters. The van der Waals surface area contributed by atoms with E-state index in [-0.39, 0.29) is 11.5 Å². The summed E-state index contributed by atoms with van der Waals surface area (Å²) in [4.78, 5) is 24.5. The highest BCUT2D eigenvalue weighted by molar-refractivity contribution is 8.15. The van der Waals surface area contributed by atoms with Gasteiger partial charge in [-0.2, -0.15) is 5.10 Å². The van der Waals surface area contributed by atoms with E-state index < -0.39 is 32.8 Å². The molecule has 3 aromatic rings. The Labute approximate surface area is 236 Å². The lowest BCUT2D eigenvalue weighted by Gasteiger charge is -2.20. The average Bonchev–Trinajstić information content (AvgIpc) is 3.26. The SMILES string of the molecule is CCCCN1N=C(C)C(C(=O)O)=S1Cc1ccc(-c2ccccc2S(=O)(=O)NC(=O)OCc2ccccc2)cc1. The Hall–Kier alpha value is -3.96. The van der Waals surface area contributed by atoms with Gasteiger partial charge in [-0.15, -0.1) is 0 Å². The maximum atomic E-state index is 13.1. The molecule has 1 aliphatic heterocycles. The number of hydrogen-bond acceptors (Lipinski definition) is 7. The van der Waals surface area contributed by atoms with Gasteiger partial charge in [0, 0.05) is 17.9 Å². The van der Waals surface area contributed by atoms with Gasteiger partial charge in [-0.1, -0.05) is 96.8 Å². The first-order valence-corrected chi connectivity index (χ1v) is 15.6. The molecule has 1 aliphatic rings. The number of nitrogens with one attached hydrogen (secondary N) is 1. The van der Waals surface area contributed by atoms with Gasteiger partial charge in [-0.25, -0.2) is 27.1 Å². The first-order valence-electron chi connectivity index (χ1n) is 12.8. The molecule has 1 unspecified atom stereocenters. The molecule has 0 saturated carbocycles. The zero-order chi connectivity index (χ0) is 28.7. The Balaban J connectivity index is 1.52. The normalized spacial score (nSPS) is 15.1. The van der Waals surface area contributed by atoms with Gasteiger partial charge in [0.15, 0.2) is 0 Å². The smallest absolute Gasteiger partial charge is 0.421 e. The van der Waals surface area contributed by atoms with Crippen molar-refractivity contribution in [3.8, 4) is 11.1 Å². The summed E-state index contributed by atoms with van der Waals surface area (Å²) in [5.74, 6) is -0.490. The fourth-order valence-electron chi connectivity index (χ4n) is 4.19. The lowest BCUT2D eigenvalue weighted by molar-refractivity contribution is -0.128. The van der Waals surface area contributed by atoms with E-state index in [4.69, 9.17) is 4.74 Å². The molecule has 0 radical (unpaired) electrons. The largest absolute Gasteiger partial charge is 0.477 e. The molecule has 1 heterocycles. The molecule has 0 saturated heterocycles. The number of sulfonamides is 1. The second-order valence-electron chi connectivity index (χ2n) is 9.12. The van der Waals surface area contributed by atoms with E-state index in [9.17, 15) is 23.1 Å². The zero-order valence-corrected chi connectivity index (χ0v) is 23.9. The maximum Gasteiger partial charge on any atom is 0.421 e. The molecule has 210 valence electrons. The van der Waals surface area contributed by atoms with Gasteiger partial charge in [0.1, 0.15) is 11.5 Å². The third kappa shape index (κ3) is 6.97. The second kappa shape index (κ2) is 12.9. The van der Waals surface area contributed by atoms with Crippen molar-refractivity contribution < 1.29 is 27.9 Å². The molecule has 0 bridgehead atoms. The number of hydrazone groups is 1. The number of rotatable bonds is 11. The summed E-state index contributed by atoms with van der Waals surface area (Å²) in [6, 6.07) is 22.7. The lowest BCUT2D eigenvalue weighted by Crippen LogP contribution is -2.31. The Morgan fingerprint density at radius 2 is 1.65 bits per heavy atom. The van der Waals surface area contributed by atoms with Crippen molar-refractivity contribution in [3.05, 3.63) is 90.0 Å². The van der Waals surface area contributed by atoms with Crippen LogP contribution in [-0.2, 0) is 31.9 Å². The number of carboxylic acids is 1. The summed E-state index contributed by atoms with van der Waals surface area (Å²) in [5.41, 5.74) is 3.21. The monoisotopic (exact) mass is 581 g/mol. The summed E-state index contributed by atoms with van der Waals surface area (Å²) >= 11 is 0. The van der Waals surface area contributed by atoms with Gasteiger partial charge >= 0.3 is 12.1 Å². The molecule has 9 nitrogen and oxygen atoms in total. The predicted molar refractivity (Wildman–Crippen MR) is 157 cm³/mol. The Kier molecular flexibility index (Phi) is 9.38. The van der Waals surface area contributed by atoms with Crippen molar-refractivity contribution in [1.82, 2.24) is 9.14 Å². The number of unbranched alkanes of at least 4 members (excludes halogenated alkanes) is 1. The first kappa shape index (κ1) is 29.0. The molecule has 11 heteroatoms. The number of amides is 1. The highest BCUT2D eigenvalue weighted by Crippen LogP contribution is 2.34. The average molecular weight is 582 g/mol. The van der Waals surface area contributed by atoms with Crippen LogP contribution < -0.4 is 4.72 Å². The third-order valence-corrected chi connectivity index (χ3v) is 9.84. The maximum absolute atomic E-state index is 13.1. The van der Waals surface area contributed by atoms with Crippen LogP contribution in [0.25, 0.3) is 11.1 Å². The second-order valence-corrected chi connectivity index (χ2v) is 12.6. The first-order chi connectivity index (χ1) is 19.2. The molecule has 0 spiro atoms. The fourth-order valence-corrected chi connectivity index (χ4v) is 7.48. The molecule has 1 amide bonds. The Morgan fingerprint density at radius 3 is 2.33 bits per heavy atom. The minimum atomic E-state index is -4.22. The number of carbonyl (C=O) groups excluding carboxylic acids is 1. The van der Waals surface area contributed by atoms with E-state index in [1.54, 1.807) is 61.5 Å². The van der Waals surface area contributed by atoms with E-state index in [0.717, 1.165) is 24.0 Å². The van der Waals surface area contributed by atoms with Crippen LogP contribution in [-0.4, -0.2) is 47.1 Å². The molecule has 40 heavy (non-hydrogen) atoms. The number of carboxylic acid groups (broad SMARTS) is 1. The van der Waals surface area contributed by atoms with Crippen molar-refractivity contribution in [2.24, 2.45) is 5.10 Å². The van der Waals surface area contributed by atoms with E-state index in [1.807, 2.05) is 27.3 Å². The molecule has 0 aliphatic carbocycles. The number of aliphatic carboxylic acids is 1. The Morgan fingerprint density at radius 1 is 0.975 bits per heavy atom. The van der Waals surface area contributed by atoms with Crippen molar-refractivity contribution in [2.45, 2.75) is 43.9 Å². The van der Waals surface area contributed by atoms with Crippen molar-refractivity contribution in [3.63, 3.8) is 0 Å². The lowest BCUT2D eigenvalue weighted by atomic mass is 10.0. The van der Waals surface area contributed by atoms with Crippen LogP contribution in [0.3, 0.4) is 0 Å². The predicted octanol–water partition coefficient (Wildman–Crippen LogP) is 5.40. The van der Waals surface area contributed by atoms with E-state index >= 15 is 0 Å². The number of benzene rings is 3. The van der Waals surface area contributed by atoms with Gasteiger partial charge in [0.25, 0.3) is 10.0 Å². The number of hydrogen-bond donors (Lipinski definition) is 2. The third-order valence-electron chi connectivity index (χ3n) is 6.15. The Bertz CT molecular complexity index is 1550. The van der Waals surface area contributed by atoms with Crippen LogP contribution in [0, 0.1) is 0 Å². The molecular weight excluding hydrogens is 550 g/mol. The van der Waals surface area contributed by atoms with Crippen LogP contribution in [0.2, 0.25) is 0 Å². The summed E-state index contributed by atoms with van der Waals surface area (Å²) in [6.07, 6.45) is 0.814. The van der Waals surface area contributed by atoms with Crippen molar-refractivity contribution in [1.29, 1.82) is 0 Å². The number of carbonyl (C=O) groups is 2. The van der Waals surface area contributed by atoms with Crippen LogP contribution in [0.5, 0.6) is 0 Å². The highest BCUT2D eigenvalue weighted by atomic mass is 32.2. The van der Waals surface area contributed by atoms with Crippen LogP contribution >= 0.6 is 10.7 Å². The van der Waals surface area contributed by atoms with Gasteiger partial charge in [-0.05, 0) is 36.1 Å². The minimum absolute atomic E-state index is 0.0611. The summed E-state index contributed by atoms with van der Waals surface area (Å²) in [5, 5.41) is 14.3. The van der Waals surface area contributed by atoms with E-state index in [0.29, 0.717) is 34.0 Å². The van der Waals surface area contributed by atoms with Gasteiger partial charge < -0.3 is 9.84 Å². The van der Waals surface area contributed by atoms with Crippen LogP contribution in [0.15, 0.2) is 88.9 Å². The molecule has 4 rings (SSSR count). The quantitative estimate of drug-likeness (QED) is 0.290. The molecule has 3 aromatic carbocycles. The molecule has 0 aromatic heterocycles. The van der Waals surface area contributed by atoms with E-state index in [2.05, 4.69) is 12.0 Å². The number of nitrogens with zero attached hydrogens (tertiary/aromatic N) is 2. The van der Waals surface area contributed by atoms with Crippen molar-refractivity contribution >= 4 is 43.3 Å². The fraction of sp³-hybridized carbons (Fsp3) is 0.241. The van der Waals surface area contributed by atoms with E-state index in [1.165, 1.54) is 6.07 Å². The zero-order valence-electron chi connectivity index (χ0n) is 22.2.